The molecule has 1 aromatic carbocycles. The van der Waals surface area contributed by atoms with Crippen LogP contribution in [0.3, 0.4) is 0 Å². The second kappa shape index (κ2) is 10.3. The second-order valence-electron chi connectivity index (χ2n) is 5.68. The van der Waals surface area contributed by atoms with Crippen LogP contribution >= 0.6 is 12.4 Å². The molecular formula is C16H23ClF2N2O2. The zero-order valence-electron chi connectivity index (χ0n) is 13.3. The SMILES string of the molecule is CC(C)CC(CN)NC(=O)CCC(=O)c1ccc(F)cc1F.Cl. The van der Waals surface area contributed by atoms with Crippen LogP contribution in [0.15, 0.2) is 18.2 Å². The average molecular weight is 349 g/mol. The summed E-state index contributed by atoms with van der Waals surface area (Å²) in [7, 11) is 0. The molecule has 0 aliphatic rings. The Labute approximate surface area is 141 Å². The van der Waals surface area contributed by atoms with E-state index in [1.165, 1.54) is 0 Å². The lowest BCUT2D eigenvalue weighted by Gasteiger charge is -2.18. The molecule has 1 rings (SSSR count). The van der Waals surface area contributed by atoms with Gasteiger partial charge in [-0.2, -0.15) is 0 Å². The Kier molecular flexibility index (Phi) is 9.60. The maximum atomic E-state index is 13.5. The normalized spacial score (nSPS) is 11.7. The highest BCUT2D eigenvalue weighted by atomic mass is 35.5. The van der Waals surface area contributed by atoms with Crippen LogP contribution in [0, 0.1) is 17.6 Å². The van der Waals surface area contributed by atoms with Crippen LogP contribution in [0.5, 0.6) is 0 Å². The maximum absolute atomic E-state index is 13.5. The van der Waals surface area contributed by atoms with Gasteiger partial charge in [0.2, 0.25) is 5.91 Å². The third-order valence-corrected chi connectivity index (χ3v) is 3.22. The number of ketones is 1. The van der Waals surface area contributed by atoms with E-state index in [4.69, 9.17) is 5.73 Å². The number of rotatable bonds is 8. The minimum atomic E-state index is -0.912. The molecule has 0 fully saturated rings. The molecule has 1 atom stereocenters. The molecule has 1 aromatic rings. The molecule has 0 saturated carbocycles. The Morgan fingerprint density at radius 3 is 2.39 bits per heavy atom. The molecule has 130 valence electrons. The van der Waals surface area contributed by atoms with Crippen LogP contribution in [0.1, 0.15) is 43.5 Å². The summed E-state index contributed by atoms with van der Waals surface area (Å²) in [5, 5.41) is 2.76. The fourth-order valence-corrected chi connectivity index (χ4v) is 2.16. The average Bonchev–Trinajstić information content (AvgIpc) is 2.43. The first-order valence-corrected chi connectivity index (χ1v) is 7.31. The third-order valence-electron chi connectivity index (χ3n) is 3.22. The van der Waals surface area contributed by atoms with Crippen molar-refractivity contribution < 1.29 is 18.4 Å². The monoisotopic (exact) mass is 348 g/mol. The minimum absolute atomic E-state index is 0. The summed E-state index contributed by atoms with van der Waals surface area (Å²) in [6, 6.07) is 2.63. The predicted octanol–water partition coefficient (Wildman–Crippen LogP) is 2.84. The van der Waals surface area contributed by atoms with Crippen LogP contribution in [-0.2, 0) is 4.79 Å². The number of benzene rings is 1. The van der Waals surface area contributed by atoms with Gasteiger partial charge in [0.15, 0.2) is 5.78 Å². The van der Waals surface area contributed by atoms with Crippen molar-refractivity contribution in [3.63, 3.8) is 0 Å². The van der Waals surface area contributed by atoms with E-state index in [0.717, 1.165) is 18.6 Å². The Balaban J connectivity index is 0.00000484. The third kappa shape index (κ3) is 7.52. The summed E-state index contributed by atoms with van der Waals surface area (Å²) >= 11 is 0. The van der Waals surface area contributed by atoms with Gasteiger partial charge in [0.05, 0.1) is 5.56 Å². The first-order valence-electron chi connectivity index (χ1n) is 7.31. The molecule has 7 heteroatoms. The molecule has 0 aromatic heterocycles. The molecule has 0 radical (unpaired) electrons. The molecule has 0 bridgehead atoms. The van der Waals surface area contributed by atoms with Crippen molar-refractivity contribution in [2.45, 2.75) is 39.2 Å². The Morgan fingerprint density at radius 1 is 1.22 bits per heavy atom. The summed E-state index contributed by atoms with van der Waals surface area (Å²) < 4.78 is 26.2. The van der Waals surface area contributed by atoms with Gasteiger partial charge in [-0.1, -0.05) is 13.8 Å². The van der Waals surface area contributed by atoms with E-state index in [2.05, 4.69) is 5.32 Å². The molecule has 0 aliphatic heterocycles. The number of nitrogens with one attached hydrogen (secondary N) is 1. The lowest BCUT2D eigenvalue weighted by Crippen LogP contribution is -2.41. The molecule has 23 heavy (non-hydrogen) atoms. The van der Waals surface area contributed by atoms with Crippen molar-refractivity contribution in [2.24, 2.45) is 11.7 Å². The number of hydrogen-bond acceptors (Lipinski definition) is 3. The van der Waals surface area contributed by atoms with E-state index in [9.17, 15) is 18.4 Å². The van der Waals surface area contributed by atoms with Crippen molar-refractivity contribution in [1.82, 2.24) is 5.32 Å². The van der Waals surface area contributed by atoms with Crippen LogP contribution in [0.4, 0.5) is 8.78 Å². The Bertz CT molecular complexity index is 539. The molecular weight excluding hydrogens is 326 g/mol. The first-order chi connectivity index (χ1) is 10.3. The van der Waals surface area contributed by atoms with Crippen molar-refractivity contribution in [3.8, 4) is 0 Å². The number of nitrogens with two attached hydrogens (primary N) is 1. The highest BCUT2D eigenvalue weighted by Crippen LogP contribution is 2.13. The van der Waals surface area contributed by atoms with Crippen molar-refractivity contribution in [3.05, 3.63) is 35.4 Å². The topological polar surface area (TPSA) is 72.2 Å². The van der Waals surface area contributed by atoms with Crippen molar-refractivity contribution in [1.29, 1.82) is 0 Å². The molecule has 4 nitrogen and oxygen atoms in total. The Hall–Kier alpha value is -1.53. The molecule has 0 saturated heterocycles. The van der Waals surface area contributed by atoms with Gasteiger partial charge in [0.25, 0.3) is 0 Å². The minimum Gasteiger partial charge on any atom is -0.352 e. The van der Waals surface area contributed by atoms with Gasteiger partial charge in [-0.05, 0) is 24.5 Å². The van der Waals surface area contributed by atoms with Gasteiger partial charge < -0.3 is 11.1 Å². The highest BCUT2D eigenvalue weighted by Gasteiger charge is 2.16. The summed E-state index contributed by atoms with van der Waals surface area (Å²) in [4.78, 5) is 23.6. The lowest BCUT2D eigenvalue weighted by atomic mass is 10.0. The molecule has 0 heterocycles. The number of halogens is 3. The predicted molar refractivity (Wildman–Crippen MR) is 87.6 cm³/mol. The van der Waals surface area contributed by atoms with E-state index >= 15 is 0 Å². The molecule has 1 unspecified atom stereocenters. The van der Waals surface area contributed by atoms with Gasteiger partial charge in [-0.15, -0.1) is 12.4 Å². The largest absolute Gasteiger partial charge is 0.352 e. The van der Waals surface area contributed by atoms with E-state index in [-0.39, 0.29) is 42.8 Å². The summed E-state index contributed by atoms with van der Waals surface area (Å²) in [5.41, 5.74) is 5.38. The molecule has 0 spiro atoms. The molecule has 1 amide bonds. The van der Waals surface area contributed by atoms with Gasteiger partial charge in [0.1, 0.15) is 11.6 Å². The van der Waals surface area contributed by atoms with E-state index in [1.807, 2.05) is 13.8 Å². The van der Waals surface area contributed by atoms with E-state index in [0.29, 0.717) is 18.5 Å². The lowest BCUT2D eigenvalue weighted by molar-refractivity contribution is -0.121. The van der Waals surface area contributed by atoms with Gasteiger partial charge in [0, 0.05) is 31.5 Å². The fraction of sp³-hybridized carbons (Fsp3) is 0.500. The van der Waals surface area contributed by atoms with E-state index in [1.54, 1.807) is 0 Å². The van der Waals surface area contributed by atoms with Gasteiger partial charge in [-0.3, -0.25) is 9.59 Å². The summed E-state index contributed by atoms with van der Waals surface area (Å²) in [5.74, 6) is -2.09. The van der Waals surface area contributed by atoms with Crippen LogP contribution < -0.4 is 11.1 Å². The maximum Gasteiger partial charge on any atom is 0.220 e. The standard InChI is InChI=1S/C16H22F2N2O2.ClH/c1-10(2)7-12(9-19)20-16(22)6-5-15(21)13-4-3-11(17)8-14(13)18;/h3-4,8,10,12H,5-7,9,19H2,1-2H3,(H,20,22);1H. The zero-order chi connectivity index (χ0) is 16.7. The number of carbonyl (C=O) groups is 2. The van der Waals surface area contributed by atoms with Crippen LogP contribution in [0.2, 0.25) is 0 Å². The summed E-state index contributed by atoms with van der Waals surface area (Å²) in [6.07, 6.45) is 0.570. The van der Waals surface area contributed by atoms with Gasteiger partial charge >= 0.3 is 0 Å². The van der Waals surface area contributed by atoms with E-state index < -0.39 is 17.4 Å². The van der Waals surface area contributed by atoms with Gasteiger partial charge in [-0.25, -0.2) is 8.78 Å². The fourth-order valence-electron chi connectivity index (χ4n) is 2.16. The second-order valence-corrected chi connectivity index (χ2v) is 5.68. The number of Topliss-reactive ketones (excluding diaryl/α,β-unsaturated/α-hetero) is 1. The number of hydrogen-bond donors (Lipinski definition) is 2. The highest BCUT2D eigenvalue weighted by molar-refractivity contribution is 5.98. The van der Waals surface area contributed by atoms with Crippen LogP contribution in [-0.4, -0.2) is 24.3 Å². The zero-order valence-corrected chi connectivity index (χ0v) is 14.1. The quantitative estimate of drug-likeness (QED) is 0.709. The smallest absolute Gasteiger partial charge is 0.220 e. The number of amides is 1. The van der Waals surface area contributed by atoms with Crippen molar-refractivity contribution in [2.75, 3.05) is 6.54 Å². The molecule has 3 N–H and O–H groups in total. The Morgan fingerprint density at radius 2 is 1.87 bits per heavy atom. The number of carbonyl (C=O) groups excluding carboxylic acids is 2. The summed E-state index contributed by atoms with van der Waals surface area (Å²) in [6.45, 7) is 4.37. The van der Waals surface area contributed by atoms with Crippen LogP contribution in [0.25, 0.3) is 0 Å². The van der Waals surface area contributed by atoms with Crippen molar-refractivity contribution >= 4 is 24.1 Å². The molecule has 0 aliphatic carbocycles. The first kappa shape index (κ1) is 21.5.